The molecule has 0 bridgehead atoms. The van der Waals surface area contributed by atoms with Gasteiger partial charge in [0.15, 0.2) is 6.10 Å². The predicted molar refractivity (Wildman–Crippen MR) is 280 cm³/mol. The highest BCUT2D eigenvalue weighted by Crippen LogP contribution is 2.17. The molecule has 0 N–H and O–H groups in total. The van der Waals surface area contributed by atoms with Crippen LogP contribution in [0.1, 0.15) is 329 Å². The van der Waals surface area contributed by atoms with Gasteiger partial charge < -0.3 is 14.2 Å². The second-order valence-corrected chi connectivity index (χ2v) is 19.9. The van der Waals surface area contributed by atoms with E-state index in [1.165, 1.54) is 225 Å². The topological polar surface area (TPSA) is 78.9 Å². The molecule has 65 heavy (non-hydrogen) atoms. The summed E-state index contributed by atoms with van der Waals surface area (Å²) in [5, 5.41) is 0. The normalized spacial score (nSPS) is 12.0. The van der Waals surface area contributed by atoms with Crippen LogP contribution >= 0.6 is 0 Å². The van der Waals surface area contributed by atoms with E-state index in [-0.39, 0.29) is 31.1 Å². The fourth-order valence-electron chi connectivity index (χ4n) is 8.85. The number of rotatable bonds is 54. The number of carbonyl (C=O) groups is 3. The molecule has 0 rings (SSSR count). The van der Waals surface area contributed by atoms with Crippen LogP contribution in [0.15, 0.2) is 12.2 Å². The molecule has 0 aromatic carbocycles. The zero-order valence-electron chi connectivity index (χ0n) is 44.0. The van der Waals surface area contributed by atoms with Crippen molar-refractivity contribution >= 4 is 17.9 Å². The molecule has 1 atom stereocenters. The molecule has 0 aliphatic carbocycles. The highest BCUT2D eigenvalue weighted by molar-refractivity contribution is 5.71. The van der Waals surface area contributed by atoms with Crippen LogP contribution in [0.3, 0.4) is 0 Å². The lowest BCUT2D eigenvalue weighted by atomic mass is 10.0. The summed E-state index contributed by atoms with van der Waals surface area (Å²) < 4.78 is 16.8. The van der Waals surface area contributed by atoms with Crippen molar-refractivity contribution in [2.75, 3.05) is 13.2 Å². The van der Waals surface area contributed by atoms with Crippen molar-refractivity contribution in [1.29, 1.82) is 0 Å². The van der Waals surface area contributed by atoms with Crippen LogP contribution in [0.25, 0.3) is 0 Å². The fourth-order valence-corrected chi connectivity index (χ4v) is 8.85. The Morgan fingerprint density at radius 1 is 0.292 bits per heavy atom. The molecule has 0 radical (unpaired) electrons. The van der Waals surface area contributed by atoms with Crippen molar-refractivity contribution < 1.29 is 28.6 Å². The van der Waals surface area contributed by atoms with Crippen LogP contribution < -0.4 is 0 Å². The molecule has 0 amide bonds. The van der Waals surface area contributed by atoms with Gasteiger partial charge in [-0.2, -0.15) is 0 Å². The highest BCUT2D eigenvalue weighted by atomic mass is 16.6. The molecule has 0 aromatic heterocycles. The molecule has 0 saturated carbocycles. The third-order valence-corrected chi connectivity index (χ3v) is 13.3. The molecule has 0 aromatic rings. The molecule has 0 aliphatic rings. The first kappa shape index (κ1) is 63.1. The molecule has 6 heteroatoms. The lowest BCUT2D eigenvalue weighted by Crippen LogP contribution is -2.30. The Morgan fingerprint density at radius 2 is 0.508 bits per heavy atom. The molecule has 0 heterocycles. The minimum Gasteiger partial charge on any atom is -0.462 e. The Morgan fingerprint density at radius 3 is 0.769 bits per heavy atom. The molecule has 6 nitrogen and oxygen atoms in total. The Bertz CT molecular complexity index is 1010. The van der Waals surface area contributed by atoms with Gasteiger partial charge in [-0.25, -0.2) is 0 Å². The summed E-state index contributed by atoms with van der Waals surface area (Å²) in [5.74, 6) is -0.858. The van der Waals surface area contributed by atoms with Gasteiger partial charge in [-0.05, 0) is 44.9 Å². The maximum Gasteiger partial charge on any atom is 0.306 e. The smallest absolute Gasteiger partial charge is 0.306 e. The van der Waals surface area contributed by atoms with E-state index < -0.39 is 6.10 Å². The first-order valence-electron chi connectivity index (χ1n) is 29.2. The minimum absolute atomic E-state index is 0.0679. The van der Waals surface area contributed by atoms with Crippen molar-refractivity contribution in [2.45, 2.75) is 335 Å². The van der Waals surface area contributed by atoms with Crippen LogP contribution in [0, 0.1) is 0 Å². The molecule has 0 aliphatic heterocycles. The summed E-state index contributed by atoms with van der Waals surface area (Å²) in [6, 6.07) is 0. The average Bonchev–Trinajstić information content (AvgIpc) is 3.30. The van der Waals surface area contributed by atoms with Gasteiger partial charge in [-0.1, -0.05) is 277 Å². The van der Waals surface area contributed by atoms with Crippen LogP contribution in [0.4, 0.5) is 0 Å². The number of hydrogen-bond acceptors (Lipinski definition) is 6. The molecular weight excluding hydrogens is 805 g/mol. The average molecular weight is 918 g/mol. The van der Waals surface area contributed by atoms with Crippen LogP contribution in [0.5, 0.6) is 0 Å². The third kappa shape index (κ3) is 53.0. The Kier molecular flexibility index (Phi) is 53.2. The van der Waals surface area contributed by atoms with Crippen LogP contribution in [-0.4, -0.2) is 37.2 Å². The van der Waals surface area contributed by atoms with E-state index >= 15 is 0 Å². The third-order valence-electron chi connectivity index (χ3n) is 13.3. The molecule has 384 valence electrons. The molecule has 1 unspecified atom stereocenters. The Balaban J connectivity index is 4.13. The second kappa shape index (κ2) is 54.8. The van der Waals surface area contributed by atoms with Gasteiger partial charge in [0, 0.05) is 19.3 Å². The van der Waals surface area contributed by atoms with Gasteiger partial charge in [0.1, 0.15) is 13.2 Å². The summed E-state index contributed by atoms with van der Waals surface area (Å²) in [7, 11) is 0. The quantitative estimate of drug-likeness (QED) is 0.0262. The van der Waals surface area contributed by atoms with E-state index in [9.17, 15) is 14.4 Å². The summed E-state index contributed by atoms with van der Waals surface area (Å²) in [4.78, 5) is 38.0. The lowest BCUT2D eigenvalue weighted by molar-refractivity contribution is -0.167. The number of ether oxygens (including phenoxy) is 3. The SMILES string of the molecule is CCCCCCC/C=C\CCCCCCCC(=O)OC(COC(=O)CCCCCCCCCCC)COC(=O)CCCCCCCCCCCCCCCCCCCCCCCCCC. The minimum atomic E-state index is -0.767. The van der Waals surface area contributed by atoms with Gasteiger partial charge in [0.2, 0.25) is 0 Å². The number of carbonyl (C=O) groups excluding carboxylic acids is 3. The van der Waals surface area contributed by atoms with Gasteiger partial charge in [0.05, 0.1) is 0 Å². The van der Waals surface area contributed by atoms with E-state index in [4.69, 9.17) is 14.2 Å². The summed E-state index contributed by atoms with van der Waals surface area (Å²) in [6.45, 7) is 6.65. The van der Waals surface area contributed by atoms with Gasteiger partial charge in [-0.15, -0.1) is 0 Å². The number of hydrogen-bond donors (Lipinski definition) is 0. The van der Waals surface area contributed by atoms with Crippen molar-refractivity contribution in [3.63, 3.8) is 0 Å². The highest BCUT2D eigenvalue weighted by Gasteiger charge is 2.19. The number of allylic oxidation sites excluding steroid dienone is 2. The first-order chi connectivity index (χ1) is 32.0. The maximum absolute atomic E-state index is 12.8. The van der Waals surface area contributed by atoms with Crippen LogP contribution in [0.2, 0.25) is 0 Å². The van der Waals surface area contributed by atoms with E-state index in [2.05, 4.69) is 32.9 Å². The van der Waals surface area contributed by atoms with E-state index in [0.717, 1.165) is 64.2 Å². The predicted octanol–water partition coefficient (Wildman–Crippen LogP) is 19.3. The van der Waals surface area contributed by atoms with Gasteiger partial charge >= 0.3 is 17.9 Å². The van der Waals surface area contributed by atoms with E-state index in [0.29, 0.717) is 19.3 Å². The summed E-state index contributed by atoms with van der Waals surface area (Å²) in [5.41, 5.74) is 0. The van der Waals surface area contributed by atoms with Crippen LogP contribution in [-0.2, 0) is 28.6 Å². The number of unbranched alkanes of at least 4 members (excludes halogenated alkanes) is 41. The Hall–Kier alpha value is -1.85. The zero-order chi connectivity index (χ0) is 47.2. The fraction of sp³-hybridized carbons (Fsp3) is 0.915. The second-order valence-electron chi connectivity index (χ2n) is 19.9. The monoisotopic (exact) mass is 917 g/mol. The number of esters is 3. The maximum atomic E-state index is 12.8. The molecule has 0 fully saturated rings. The standard InChI is InChI=1S/C59H112O6/c1-4-7-10-13-16-19-21-23-25-26-27-28-29-30-31-32-33-34-36-37-40-43-46-49-52-58(61)64-55-56(54-63-57(60)51-48-45-42-39-18-15-12-9-6-3)65-59(62)53-50-47-44-41-38-35-24-22-20-17-14-11-8-5-2/h22,24,56H,4-21,23,25-55H2,1-3H3/b24-22-. The molecule has 0 spiro atoms. The van der Waals surface area contributed by atoms with Gasteiger partial charge in [-0.3, -0.25) is 14.4 Å². The summed E-state index contributed by atoms with van der Waals surface area (Å²) >= 11 is 0. The molecular formula is C59H112O6. The van der Waals surface area contributed by atoms with Gasteiger partial charge in [0.25, 0.3) is 0 Å². The summed E-state index contributed by atoms with van der Waals surface area (Å²) in [6.07, 6.45) is 62.2. The van der Waals surface area contributed by atoms with Crippen molar-refractivity contribution in [3.05, 3.63) is 12.2 Å². The lowest BCUT2D eigenvalue weighted by Gasteiger charge is -2.18. The first-order valence-corrected chi connectivity index (χ1v) is 29.2. The largest absolute Gasteiger partial charge is 0.462 e. The van der Waals surface area contributed by atoms with E-state index in [1.807, 2.05) is 0 Å². The van der Waals surface area contributed by atoms with Crippen molar-refractivity contribution in [1.82, 2.24) is 0 Å². The van der Waals surface area contributed by atoms with Crippen molar-refractivity contribution in [2.24, 2.45) is 0 Å². The van der Waals surface area contributed by atoms with Crippen molar-refractivity contribution in [3.8, 4) is 0 Å². The zero-order valence-corrected chi connectivity index (χ0v) is 44.0. The molecule has 0 saturated heterocycles. The Labute approximate surface area is 405 Å². The van der Waals surface area contributed by atoms with E-state index in [1.54, 1.807) is 0 Å².